The fourth-order valence-corrected chi connectivity index (χ4v) is 3.38. The molecule has 0 saturated heterocycles. The summed E-state index contributed by atoms with van der Waals surface area (Å²) in [4.78, 5) is 1.50. The first-order valence-corrected chi connectivity index (χ1v) is 8.41. The molecule has 1 heterocycles. The van der Waals surface area contributed by atoms with Crippen LogP contribution in [0.5, 0.6) is 0 Å². The first kappa shape index (κ1) is 15.3. The van der Waals surface area contributed by atoms with Crippen molar-refractivity contribution < 1.29 is 0 Å². The average molecular weight is 287 g/mol. The van der Waals surface area contributed by atoms with Gasteiger partial charge in [-0.1, -0.05) is 36.8 Å². The topological polar surface area (TPSA) is 12.0 Å². The Morgan fingerprint density at radius 2 is 2.10 bits per heavy atom. The molecule has 1 nitrogen and oxygen atoms in total. The van der Waals surface area contributed by atoms with Crippen LogP contribution < -0.4 is 5.32 Å². The lowest BCUT2D eigenvalue weighted by molar-refractivity contribution is 0.515. The molecule has 108 valence electrons. The Balaban J connectivity index is 1.77. The molecule has 0 aliphatic carbocycles. The summed E-state index contributed by atoms with van der Waals surface area (Å²) in [6, 6.07) is 11.6. The monoisotopic (exact) mass is 287 g/mol. The molecule has 1 atom stereocenters. The first-order chi connectivity index (χ1) is 9.69. The van der Waals surface area contributed by atoms with Crippen molar-refractivity contribution in [3.8, 4) is 0 Å². The quantitative estimate of drug-likeness (QED) is 0.776. The van der Waals surface area contributed by atoms with Crippen LogP contribution in [0.2, 0.25) is 0 Å². The second-order valence-electron chi connectivity index (χ2n) is 5.53. The molecule has 20 heavy (non-hydrogen) atoms. The van der Waals surface area contributed by atoms with Gasteiger partial charge in [-0.3, -0.25) is 0 Å². The van der Waals surface area contributed by atoms with Gasteiger partial charge in [-0.05, 0) is 55.7 Å². The molecule has 0 amide bonds. The zero-order valence-corrected chi connectivity index (χ0v) is 13.6. The molecule has 1 N–H and O–H groups in total. The molecule has 1 aromatic carbocycles. The van der Waals surface area contributed by atoms with E-state index in [1.54, 1.807) is 0 Å². The van der Waals surface area contributed by atoms with Crippen molar-refractivity contribution in [1.82, 2.24) is 5.32 Å². The Labute approximate surface area is 127 Å². The van der Waals surface area contributed by atoms with E-state index >= 15 is 0 Å². The zero-order chi connectivity index (χ0) is 14.4. The highest BCUT2D eigenvalue weighted by Gasteiger charge is 2.06. The van der Waals surface area contributed by atoms with Crippen LogP contribution in [0.1, 0.15) is 41.8 Å². The van der Waals surface area contributed by atoms with Crippen LogP contribution in [0.4, 0.5) is 0 Å². The van der Waals surface area contributed by atoms with Crippen molar-refractivity contribution in [3.05, 3.63) is 57.3 Å². The van der Waals surface area contributed by atoms with Crippen LogP contribution in [-0.4, -0.2) is 6.04 Å². The Bertz CT molecular complexity index is 530. The summed E-state index contributed by atoms with van der Waals surface area (Å²) in [5.41, 5.74) is 4.30. The Morgan fingerprint density at radius 3 is 2.85 bits per heavy atom. The molecule has 0 saturated carbocycles. The predicted octanol–water partition coefficient (Wildman–Crippen LogP) is 4.73. The minimum Gasteiger partial charge on any atom is -0.309 e. The molecule has 0 radical (unpaired) electrons. The van der Waals surface area contributed by atoms with E-state index in [1.807, 2.05) is 11.3 Å². The van der Waals surface area contributed by atoms with Gasteiger partial charge in [-0.25, -0.2) is 0 Å². The van der Waals surface area contributed by atoms with Gasteiger partial charge in [0.15, 0.2) is 0 Å². The molecule has 0 aliphatic heterocycles. The average Bonchev–Trinajstić information content (AvgIpc) is 2.90. The molecular weight excluding hydrogens is 262 g/mol. The lowest BCUT2D eigenvalue weighted by atomic mass is 10.0. The van der Waals surface area contributed by atoms with Gasteiger partial charge >= 0.3 is 0 Å². The number of hydrogen-bond acceptors (Lipinski definition) is 2. The van der Waals surface area contributed by atoms with Crippen LogP contribution in [0.3, 0.4) is 0 Å². The van der Waals surface area contributed by atoms with Gasteiger partial charge in [0.05, 0.1) is 0 Å². The predicted molar refractivity (Wildman–Crippen MR) is 89.5 cm³/mol. The molecule has 0 spiro atoms. The Morgan fingerprint density at radius 1 is 1.25 bits per heavy atom. The van der Waals surface area contributed by atoms with Crippen molar-refractivity contribution in [2.24, 2.45) is 0 Å². The van der Waals surface area contributed by atoms with E-state index < -0.39 is 0 Å². The van der Waals surface area contributed by atoms with E-state index in [1.165, 1.54) is 28.0 Å². The summed E-state index contributed by atoms with van der Waals surface area (Å²) in [6.45, 7) is 7.69. The molecule has 0 bridgehead atoms. The molecule has 2 heteroatoms. The van der Waals surface area contributed by atoms with Crippen molar-refractivity contribution in [1.29, 1.82) is 0 Å². The third kappa shape index (κ3) is 4.46. The Hall–Kier alpha value is -1.12. The molecule has 1 unspecified atom stereocenters. The molecule has 0 aliphatic rings. The van der Waals surface area contributed by atoms with E-state index in [2.05, 4.69) is 61.8 Å². The lowest BCUT2D eigenvalue weighted by Gasteiger charge is -2.14. The van der Waals surface area contributed by atoms with Crippen LogP contribution in [0.25, 0.3) is 0 Å². The summed E-state index contributed by atoms with van der Waals surface area (Å²) in [6.07, 6.45) is 3.48. The second kappa shape index (κ2) is 7.61. The molecular formula is C18H25NS. The van der Waals surface area contributed by atoms with Gasteiger partial charge in [-0.2, -0.15) is 0 Å². The van der Waals surface area contributed by atoms with Gasteiger partial charge in [0, 0.05) is 17.5 Å². The van der Waals surface area contributed by atoms with Gasteiger partial charge in [-0.15, -0.1) is 11.3 Å². The largest absolute Gasteiger partial charge is 0.309 e. The van der Waals surface area contributed by atoms with Gasteiger partial charge in [0.1, 0.15) is 0 Å². The molecule has 0 fully saturated rings. The maximum atomic E-state index is 3.66. The summed E-state index contributed by atoms with van der Waals surface area (Å²) < 4.78 is 0. The molecule has 2 rings (SSSR count). The number of aryl methyl sites for hydroxylation is 3. The smallest absolute Gasteiger partial charge is 0.0304 e. The lowest BCUT2D eigenvalue weighted by Crippen LogP contribution is -2.25. The maximum Gasteiger partial charge on any atom is 0.0304 e. The number of hydrogen-bond donors (Lipinski definition) is 1. The SMILES string of the molecule is CCc1ccsc1CNC(C)CCc1cccc(C)c1. The van der Waals surface area contributed by atoms with E-state index in [0.29, 0.717) is 6.04 Å². The fraction of sp³-hybridized carbons (Fsp3) is 0.444. The van der Waals surface area contributed by atoms with Gasteiger partial charge < -0.3 is 5.32 Å². The maximum absolute atomic E-state index is 3.66. The van der Waals surface area contributed by atoms with E-state index in [0.717, 1.165) is 19.4 Å². The number of nitrogens with one attached hydrogen (secondary N) is 1. The van der Waals surface area contributed by atoms with Gasteiger partial charge in [0.25, 0.3) is 0 Å². The minimum atomic E-state index is 0.558. The normalized spacial score (nSPS) is 12.6. The number of benzene rings is 1. The van der Waals surface area contributed by atoms with E-state index in [9.17, 15) is 0 Å². The van der Waals surface area contributed by atoms with Crippen molar-refractivity contribution >= 4 is 11.3 Å². The van der Waals surface area contributed by atoms with Crippen LogP contribution in [-0.2, 0) is 19.4 Å². The minimum absolute atomic E-state index is 0.558. The Kier molecular flexibility index (Phi) is 5.81. The van der Waals surface area contributed by atoms with E-state index in [-0.39, 0.29) is 0 Å². The highest BCUT2D eigenvalue weighted by molar-refractivity contribution is 7.10. The zero-order valence-electron chi connectivity index (χ0n) is 12.8. The van der Waals surface area contributed by atoms with Gasteiger partial charge in [0.2, 0.25) is 0 Å². The number of thiophene rings is 1. The second-order valence-corrected chi connectivity index (χ2v) is 6.53. The summed E-state index contributed by atoms with van der Waals surface area (Å²) in [5.74, 6) is 0. The third-order valence-electron chi connectivity index (χ3n) is 3.78. The molecule has 1 aromatic heterocycles. The first-order valence-electron chi connectivity index (χ1n) is 7.53. The summed E-state index contributed by atoms with van der Waals surface area (Å²) >= 11 is 1.87. The van der Waals surface area contributed by atoms with Crippen LogP contribution in [0, 0.1) is 6.92 Å². The number of rotatable bonds is 7. The fourth-order valence-electron chi connectivity index (χ4n) is 2.46. The van der Waals surface area contributed by atoms with Crippen molar-refractivity contribution in [2.75, 3.05) is 0 Å². The summed E-state index contributed by atoms with van der Waals surface area (Å²) in [7, 11) is 0. The van der Waals surface area contributed by atoms with Crippen LogP contribution in [0.15, 0.2) is 35.7 Å². The standard InChI is InChI=1S/C18H25NS/c1-4-17-10-11-20-18(17)13-19-15(3)8-9-16-7-5-6-14(2)12-16/h5-7,10-12,15,19H,4,8-9,13H2,1-3H3. The van der Waals surface area contributed by atoms with Crippen molar-refractivity contribution in [3.63, 3.8) is 0 Å². The van der Waals surface area contributed by atoms with E-state index in [4.69, 9.17) is 0 Å². The third-order valence-corrected chi connectivity index (χ3v) is 4.74. The van der Waals surface area contributed by atoms with Crippen LogP contribution >= 0.6 is 11.3 Å². The highest BCUT2D eigenvalue weighted by atomic mass is 32.1. The summed E-state index contributed by atoms with van der Waals surface area (Å²) in [5, 5.41) is 5.86. The highest BCUT2D eigenvalue weighted by Crippen LogP contribution is 2.17. The molecule has 2 aromatic rings. The van der Waals surface area contributed by atoms with Crippen molar-refractivity contribution in [2.45, 2.75) is 52.6 Å².